The molecule has 30 heavy (non-hydrogen) atoms. The third-order valence-electron chi connectivity index (χ3n) is 3.74. The molecule has 0 aliphatic heterocycles. The van der Waals surface area contributed by atoms with Gasteiger partial charge in [-0.25, -0.2) is 14.8 Å². The number of nitrogens with zero attached hydrogens (tertiary/aromatic N) is 2. The monoisotopic (exact) mass is 467 g/mol. The summed E-state index contributed by atoms with van der Waals surface area (Å²) in [6.07, 6.45) is 1.33. The van der Waals surface area contributed by atoms with E-state index < -0.39 is 18.5 Å². The second-order valence-electron chi connectivity index (χ2n) is 5.72. The van der Waals surface area contributed by atoms with Crippen molar-refractivity contribution in [2.24, 2.45) is 0 Å². The lowest BCUT2D eigenvalue weighted by atomic mass is 10.2. The molecule has 0 fully saturated rings. The Balaban J connectivity index is 1.62. The van der Waals surface area contributed by atoms with Crippen LogP contribution < -0.4 is 14.8 Å². The molecule has 0 spiro atoms. The molecule has 1 amide bonds. The Morgan fingerprint density at radius 1 is 1.13 bits per heavy atom. The molecule has 2 heterocycles. The summed E-state index contributed by atoms with van der Waals surface area (Å²) in [6, 6.07) is 6.73. The van der Waals surface area contributed by atoms with E-state index >= 15 is 0 Å². The molecule has 0 unspecified atom stereocenters. The number of aromatic nitrogens is 2. The highest BCUT2D eigenvalue weighted by molar-refractivity contribution is 7.13. The van der Waals surface area contributed by atoms with Crippen molar-refractivity contribution < 1.29 is 23.8 Å². The largest absolute Gasteiger partial charge is 0.493 e. The Labute approximate surface area is 185 Å². The number of methoxy groups -OCH3 is 2. The van der Waals surface area contributed by atoms with Gasteiger partial charge in [0.15, 0.2) is 29.6 Å². The number of thiazole rings is 1. The first-order chi connectivity index (χ1) is 14.4. The molecule has 0 bridgehead atoms. The van der Waals surface area contributed by atoms with Crippen molar-refractivity contribution in [3.63, 3.8) is 0 Å². The maximum atomic E-state index is 12.2. The zero-order valence-electron chi connectivity index (χ0n) is 15.8. The second-order valence-corrected chi connectivity index (χ2v) is 7.42. The van der Waals surface area contributed by atoms with Crippen LogP contribution in [0.1, 0.15) is 10.5 Å². The highest BCUT2D eigenvalue weighted by Crippen LogP contribution is 2.33. The third kappa shape index (κ3) is 5.18. The lowest BCUT2D eigenvalue weighted by Gasteiger charge is -2.08. The summed E-state index contributed by atoms with van der Waals surface area (Å²) in [5.74, 6) is -0.0931. The van der Waals surface area contributed by atoms with E-state index in [9.17, 15) is 9.59 Å². The van der Waals surface area contributed by atoms with Gasteiger partial charge in [0.05, 0.1) is 24.3 Å². The van der Waals surface area contributed by atoms with Crippen LogP contribution in [0.4, 0.5) is 5.82 Å². The van der Waals surface area contributed by atoms with Crippen LogP contribution in [0.2, 0.25) is 10.0 Å². The van der Waals surface area contributed by atoms with Gasteiger partial charge >= 0.3 is 5.97 Å². The van der Waals surface area contributed by atoms with Gasteiger partial charge in [0.1, 0.15) is 5.01 Å². The predicted octanol–water partition coefficient (Wildman–Crippen LogP) is 4.32. The minimum Gasteiger partial charge on any atom is -0.493 e. The number of carbonyl (C=O) groups excluding carboxylic acids is 2. The fourth-order valence-electron chi connectivity index (χ4n) is 2.35. The summed E-state index contributed by atoms with van der Waals surface area (Å²) in [7, 11) is 3.08. The number of pyridine rings is 1. The standard InChI is InChI=1S/C19H15Cl2N3O5S/c1-27-14-4-3-10(5-15(14)28-2)18-23-13(9-30-18)19(26)29-8-16(25)24-17-12(21)6-11(20)7-22-17/h3-7,9H,8H2,1-2H3,(H,22,24,25). The van der Waals surface area contributed by atoms with Crippen molar-refractivity contribution in [3.05, 3.63) is 51.6 Å². The van der Waals surface area contributed by atoms with Gasteiger partial charge in [-0.3, -0.25) is 4.79 Å². The molecule has 2 aromatic heterocycles. The molecule has 0 saturated carbocycles. The van der Waals surface area contributed by atoms with Crippen LogP contribution in [0.5, 0.6) is 11.5 Å². The van der Waals surface area contributed by atoms with Gasteiger partial charge in [-0.15, -0.1) is 11.3 Å². The van der Waals surface area contributed by atoms with Crippen LogP contribution in [0, 0.1) is 0 Å². The van der Waals surface area contributed by atoms with Crippen molar-refractivity contribution in [1.82, 2.24) is 9.97 Å². The van der Waals surface area contributed by atoms with Crippen molar-refractivity contribution in [2.75, 3.05) is 26.1 Å². The number of hydrogen-bond donors (Lipinski definition) is 1. The average molecular weight is 468 g/mol. The molecular weight excluding hydrogens is 453 g/mol. The molecule has 3 rings (SSSR count). The van der Waals surface area contributed by atoms with E-state index in [0.717, 1.165) is 5.56 Å². The van der Waals surface area contributed by atoms with Gasteiger partial charge in [0.2, 0.25) is 0 Å². The Kier molecular flexibility index (Phi) is 7.09. The number of anilines is 1. The SMILES string of the molecule is COc1ccc(-c2nc(C(=O)OCC(=O)Nc3ncc(Cl)cc3Cl)cs2)cc1OC. The number of hydrogen-bond acceptors (Lipinski definition) is 8. The zero-order valence-corrected chi connectivity index (χ0v) is 18.1. The van der Waals surface area contributed by atoms with Crippen LogP contribution in [0.15, 0.2) is 35.8 Å². The molecule has 3 aromatic rings. The molecule has 11 heteroatoms. The van der Waals surface area contributed by atoms with Gasteiger partial charge in [0.25, 0.3) is 5.91 Å². The highest BCUT2D eigenvalue weighted by Gasteiger charge is 2.17. The van der Waals surface area contributed by atoms with E-state index in [1.54, 1.807) is 30.7 Å². The average Bonchev–Trinajstić information content (AvgIpc) is 3.24. The smallest absolute Gasteiger partial charge is 0.358 e. The molecule has 0 atom stereocenters. The molecule has 8 nitrogen and oxygen atoms in total. The molecule has 0 radical (unpaired) electrons. The molecule has 0 aliphatic carbocycles. The molecule has 1 N–H and O–H groups in total. The van der Waals surface area contributed by atoms with Crippen molar-refractivity contribution >= 4 is 52.2 Å². The summed E-state index contributed by atoms with van der Waals surface area (Å²) < 4.78 is 15.5. The number of ether oxygens (including phenoxy) is 3. The van der Waals surface area contributed by atoms with E-state index in [1.807, 2.05) is 0 Å². The van der Waals surface area contributed by atoms with E-state index in [-0.39, 0.29) is 16.5 Å². The predicted molar refractivity (Wildman–Crippen MR) is 114 cm³/mol. The lowest BCUT2D eigenvalue weighted by Crippen LogP contribution is -2.21. The lowest BCUT2D eigenvalue weighted by molar-refractivity contribution is -0.119. The number of amides is 1. The van der Waals surface area contributed by atoms with E-state index in [0.29, 0.717) is 21.5 Å². The number of nitrogens with one attached hydrogen (secondary N) is 1. The molecule has 0 aliphatic rings. The first kappa shape index (κ1) is 21.8. The summed E-state index contributed by atoms with van der Waals surface area (Å²) in [6.45, 7) is -0.525. The number of rotatable bonds is 7. The van der Waals surface area contributed by atoms with Gasteiger partial charge < -0.3 is 19.5 Å². The van der Waals surface area contributed by atoms with Crippen molar-refractivity contribution in [1.29, 1.82) is 0 Å². The van der Waals surface area contributed by atoms with E-state index in [1.165, 1.54) is 30.7 Å². The normalized spacial score (nSPS) is 10.4. The van der Waals surface area contributed by atoms with Gasteiger partial charge in [0, 0.05) is 17.1 Å². The van der Waals surface area contributed by atoms with Crippen LogP contribution in [-0.2, 0) is 9.53 Å². The van der Waals surface area contributed by atoms with Crippen LogP contribution >= 0.6 is 34.5 Å². The maximum Gasteiger partial charge on any atom is 0.358 e. The Morgan fingerprint density at radius 3 is 2.60 bits per heavy atom. The number of benzene rings is 1. The summed E-state index contributed by atoms with van der Waals surface area (Å²) in [5, 5.41) is 5.07. The van der Waals surface area contributed by atoms with Crippen LogP contribution in [-0.4, -0.2) is 42.7 Å². The minimum absolute atomic E-state index is 0.0836. The van der Waals surface area contributed by atoms with Gasteiger partial charge in [-0.1, -0.05) is 23.2 Å². The molecule has 156 valence electrons. The quantitative estimate of drug-likeness (QED) is 0.516. The van der Waals surface area contributed by atoms with Crippen LogP contribution in [0.25, 0.3) is 10.6 Å². The van der Waals surface area contributed by atoms with Crippen molar-refractivity contribution in [3.8, 4) is 22.1 Å². The Morgan fingerprint density at radius 2 is 1.90 bits per heavy atom. The Bertz CT molecular complexity index is 1090. The van der Waals surface area contributed by atoms with Crippen LogP contribution in [0.3, 0.4) is 0 Å². The summed E-state index contributed by atoms with van der Waals surface area (Å²) >= 11 is 12.9. The summed E-state index contributed by atoms with van der Waals surface area (Å²) in [4.78, 5) is 32.4. The topological polar surface area (TPSA) is 99.6 Å². The molecule has 1 aromatic carbocycles. The first-order valence-corrected chi connectivity index (χ1v) is 10.0. The molecular formula is C19H15Cl2N3O5S. The third-order valence-corrected chi connectivity index (χ3v) is 5.13. The number of esters is 1. The minimum atomic E-state index is -0.733. The van der Waals surface area contributed by atoms with E-state index in [2.05, 4.69) is 15.3 Å². The second kappa shape index (κ2) is 9.75. The fourth-order valence-corrected chi connectivity index (χ4v) is 3.56. The van der Waals surface area contributed by atoms with Gasteiger partial charge in [-0.05, 0) is 24.3 Å². The number of carbonyl (C=O) groups is 2. The van der Waals surface area contributed by atoms with Crippen molar-refractivity contribution in [2.45, 2.75) is 0 Å². The first-order valence-electron chi connectivity index (χ1n) is 8.37. The Hall–Kier alpha value is -2.88. The number of halogens is 2. The maximum absolute atomic E-state index is 12.2. The zero-order chi connectivity index (χ0) is 21.7. The fraction of sp³-hybridized carbons (Fsp3) is 0.158. The van der Waals surface area contributed by atoms with Gasteiger partial charge in [-0.2, -0.15) is 0 Å². The molecule has 0 saturated heterocycles. The van der Waals surface area contributed by atoms with E-state index in [4.69, 9.17) is 37.4 Å². The highest BCUT2D eigenvalue weighted by atomic mass is 35.5. The summed E-state index contributed by atoms with van der Waals surface area (Å²) in [5.41, 5.74) is 0.832.